The number of para-hydroxylation sites is 1. The maximum absolute atomic E-state index is 14.1. The highest BCUT2D eigenvalue weighted by molar-refractivity contribution is 5.73. The molecule has 0 radical (unpaired) electrons. The molecule has 0 spiro atoms. The van der Waals surface area contributed by atoms with Gasteiger partial charge in [-0.25, -0.2) is 9.18 Å². The molecule has 2 atom stereocenters. The molecule has 0 bridgehead atoms. The van der Waals surface area contributed by atoms with Gasteiger partial charge in [-0.15, -0.1) is 0 Å². The number of aliphatic hydroxyl groups is 1. The highest BCUT2D eigenvalue weighted by Crippen LogP contribution is 2.34. The fourth-order valence-corrected chi connectivity index (χ4v) is 3.77. The van der Waals surface area contributed by atoms with E-state index in [1.54, 1.807) is 32.9 Å². The van der Waals surface area contributed by atoms with Crippen molar-refractivity contribution in [1.29, 1.82) is 0 Å². The zero-order valence-corrected chi connectivity index (χ0v) is 17.7. The van der Waals surface area contributed by atoms with E-state index in [1.807, 2.05) is 4.90 Å². The zero-order chi connectivity index (χ0) is 22.2. The average Bonchev–Trinajstić information content (AvgIpc) is 3.02. The molecule has 1 aromatic rings. The van der Waals surface area contributed by atoms with Crippen LogP contribution in [0.1, 0.15) is 32.8 Å². The number of nitrogens with zero attached hydrogens (tertiary/aromatic N) is 2. The third-order valence-corrected chi connectivity index (χ3v) is 5.04. The van der Waals surface area contributed by atoms with Crippen molar-refractivity contribution < 1.29 is 23.8 Å². The van der Waals surface area contributed by atoms with Crippen molar-refractivity contribution in [1.82, 2.24) is 9.80 Å². The Morgan fingerprint density at radius 1 is 1.33 bits per heavy atom. The lowest BCUT2D eigenvalue weighted by Gasteiger charge is -2.40. The van der Waals surface area contributed by atoms with Crippen LogP contribution in [-0.4, -0.2) is 58.9 Å². The zero-order valence-electron chi connectivity index (χ0n) is 17.7. The molecular formula is C21H29FN4O4. The van der Waals surface area contributed by atoms with Crippen molar-refractivity contribution in [2.75, 3.05) is 20.2 Å². The molecule has 2 heterocycles. The van der Waals surface area contributed by atoms with Gasteiger partial charge >= 0.3 is 6.09 Å². The number of benzene rings is 1. The first-order valence-electron chi connectivity index (χ1n) is 9.77. The van der Waals surface area contributed by atoms with Crippen LogP contribution < -0.4 is 16.2 Å². The Hall–Kier alpha value is -2.94. The highest BCUT2D eigenvalue weighted by Gasteiger charge is 2.41. The van der Waals surface area contributed by atoms with E-state index >= 15 is 0 Å². The van der Waals surface area contributed by atoms with E-state index in [9.17, 15) is 14.3 Å². The van der Waals surface area contributed by atoms with Crippen molar-refractivity contribution in [3.63, 3.8) is 0 Å². The number of hydrogen-bond donors (Lipinski definition) is 3. The molecule has 3 rings (SSSR count). The summed E-state index contributed by atoms with van der Waals surface area (Å²) in [5.74, 6) is -0.363. The van der Waals surface area contributed by atoms with Gasteiger partial charge in [0.1, 0.15) is 11.4 Å². The predicted octanol–water partition coefficient (Wildman–Crippen LogP) is 1.95. The largest absolute Gasteiger partial charge is 0.493 e. The number of fused-ring (bicyclic) bond motifs is 1. The van der Waals surface area contributed by atoms with Crippen molar-refractivity contribution in [3.05, 3.63) is 47.2 Å². The summed E-state index contributed by atoms with van der Waals surface area (Å²) < 4.78 is 24.7. The number of ether oxygens (including phenoxy) is 2. The van der Waals surface area contributed by atoms with Crippen LogP contribution in [0.15, 0.2) is 35.8 Å². The molecule has 5 N–H and O–H groups in total. The minimum atomic E-state index is -0.687. The molecule has 0 aliphatic carbocycles. The normalized spacial score (nSPS) is 22.3. The molecule has 30 heavy (non-hydrogen) atoms. The monoisotopic (exact) mass is 420 g/mol. The molecule has 1 amide bonds. The van der Waals surface area contributed by atoms with Crippen LogP contribution in [0.3, 0.4) is 0 Å². The van der Waals surface area contributed by atoms with Crippen LogP contribution in [0.5, 0.6) is 5.75 Å². The Labute approximate surface area is 175 Å². The Morgan fingerprint density at radius 2 is 2.03 bits per heavy atom. The molecule has 164 valence electrons. The lowest BCUT2D eigenvalue weighted by molar-refractivity contribution is 0.0243. The van der Waals surface area contributed by atoms with Gasteiger partial charge in [-0.2, -0.15) is 0 Å². The molecule has 0 saturated carbocycles. The summed E-state index contributed by atoms with van der Waals surface area (Å²) in [7, 11) is 1.36. The molecule has 9 heteroatoms. The average molecular weight is 420 g/mol. The smallest absolute Gasteiger partial charge is 0.416 e. The summed E-state index contributed by atoms with van der Waals surface area (Å²) >= 11 is 0. The first-order chi connectivity index (χ1) is 14.0. The fraction of sp³-hybridized carbons (Fsp3) is 0.476. The number of methoxy groups -OCH3 is 1. The third-order valence-electron chi connectivity index (χ3n) is 5.04. The third kappa shape index (κ3) is 4.30. The predicted molar refractivity (Wildman–Crippen MR) is 110 cm³/mol. The number of aliphatic hydroxyl groups excluding tert-OH is 1. The van der Waals surface area contributed by atoms with E-state index in [-0.39, 0.29) is 23.3 Å². The number of carbonyl (C=O) groups is 1. The number of carbonyl (C=O) groups excluding carboxylic acids is 1. The number of nitrogens with two attached hydrogens (primary N) is 2. The fourth-order valence-electron chi connectivity index (χ4n) is 3.77. The van der Waals surface area contributed by atoms with Crippen LogP contribution >= 0.6 is 0 Å². The summed E-state index contributed by atoms with van der Waals surface area (Å²) in [4.78, 5) is 16.0. The van der Waals surface area contributed by atoms with Gasteiger partial charge in [0.2, 0.25) is 0 Å². The standard InChI is InChI=1S/C21H29FN4O4/c1-21(2,3)30-20(28)26-10-12-8-13(27)11-25(12)17(19(26)24)9-16(23)14-6-5-7-15(22)18(14)29-4/h5-7,9,12-13,27H,8,10-11,23-24H2,1-4H3/b16-9-. The van der Waals surface area contributed by atoms with E-state index in [2.05, 4.69) is 0 Å². The second-order valence-electron chi connectivity index (χ2n) is 8.48. The number of hydrogen-bond acceptors (Lipinski definition) is 7. The van der Waals surface area contributed by atoms with E-state index in [1.165, 1.54) is 24.1 Å². The SMILES string of the molecule is COc1c(F)cccc1/C(N)=C/C1=C(N)N(C(=O)OC(C)(C)C)CC2CC(O)CN12. The number of halogens is 1. The van der Waals surface area contributed by atoms with Crippen molar-refractivity contribution in [2.45, 2.75) is 44.9 Å². The molecule has 0 aromatic heterocycles. The second kappa shape index (κ2) is 8.06. The summed E-state index contributed by atoms with van der Waals surface area (Å²) in [6, 6.07) is 4.30. The number of amides is 1. The minimum absolute atomic E-state index is 0.0169. The van der Waals surface area contributed by atoms with Gasteiger partial charge in [0, 0.05) is 23.8 Å². The highest BCUT2D eigenvalue weighted by atomic mass is 19.1. The number of rotatable bonds is 3. The Bertz CT molecular complexity index is 893. The first kappa shape index (κ1) is 21.8. The summed E-state index contributed by atoms with van der Waals surface area (Å²) in [6.07, 6.45) is 0.921. The second-order valence-corrected chi connectivity index (χ2v) is 8.48. The van der Waals surface area contributed by atoms with Crippen molar-refractivity contribution in [3.8, 4) is 5.75 Å². The van der Waals surface area contributed by atoms with E-state index in [0.29, 0.717) is 30.8 Å². The van der Waals surface area contributed by atoms with Crippen molar-refractivity contribution in [2.24, 2.45) is 11.5 Å². The molecule has 8 nitrogen and oxygen atoms in total. The minimum Gasteiger partial charge on any atom is -0.493 e. The molecule has 2 unspecified atom stereocenters. The number of allylic oxidation sites excluding steroid dienone is 1. The Kier molecular flexibility index (Phi) is 5.85. The van der Waals surface area contributed by atoms with Gasteiger partial charge in [0.05, 0.1) is 25.5 Å². The molecular weight excluding hydrogens is 391 g/mol. The Balaban J connectivity index is 2.04. The van der Waals surface area contributed by atoms with Crippen LogP contribution in [0.2, 0.25) is 0 Å². The molecule has 2 aliphatic rings. The molecule has 2 aliphatic heterocycles. The Morgan fingerprint density at radius 3 is 2.67 bits per heavy atom. The van der Waals surface area contributed by atoms with Crippen molar-refractivity contribution >= 4 is 11.8 Å². The molecule has 1 aromatic carbocycles. The summed E-state index contributed by atoms with van der Waals surface area (Å²) in [5, 5.41) is 10.2. The molecule has 1 fully saturated rings. The van der Waals surface area contributed by atoms with Gasteiger partial charge in [0.15, 0.2) is 11.6 Å². The van der Waals surface area contributed by atoms with Gasteiger partial charge in [-0.1, -0.05) is 6.07 Å². The first-order valence-corrected chi connectivity index (χ1v) is 9.77. The topological polar surface area (TPSA) is 114 Å². The lowest BCUT2D eigenvalue weighted by atomic mass is 10.1. The quantitative estimate of drug-likeness (QED) is 0.685. The van der Waals surface area contributed by atoms with E-state index in [0.717, 1.165) is 0 Å². The van der Waals surface area contributed by atoms with Crippen LogP contribution in [-0.2, 0) is 4.74 Å². The maximum atomic E-state index is 14.1. The lowest BCUT2D eigenvalue weighted by Crippen LogP contribution is -2.51. The van der Waals surface area contributed by atoms with Gasteiger partial charge < -0.3 is 30.9 Å². The summed E-state index contributed by atoms with van der Waals surface area (Å²) in [5.41, 5.74) is 13.0. The van der Waals surface area contributed by atoms with Gasteiger partial charge in [-0.05, 0) is 45.4 Å². The van der Waals surface area contributed by atoms with Gasteiger partial charge in [-0.3, -0.25) is 4.90 Å². The summed E-state index contributed by atoms with van der Waals surface area (Å²) in [6.45, 7) is 5.96. The van der Waals surface area contributed by atoms with Crippen LogP contribution in [0.4, 0.5) is 9.18 Å². The van der Waals surface area contributed by atoms with E-state index in [4.69, 9.17) is 20.9 Å². The molecule has 1 saturated heterocycles. The maximum Gasteiger partial charge on any atom is 0.416 e. The van der Waals surface area contributed by atoms with E-state index < -0.39 is 23.6 Å². The van der Waals surface area contributed by atoms with Gasteiger partial charge in [0.25, 0.3) is 0 Å². The van der Waals surface area contributed by atoms with Crippen LogP contribution in [0, 0.1) is 5.82 Å². The van der Waals surface area contributed by atoms with Crippen LogP contribution in [0.25, 0.3) is 5.70 Å².